The number of aryl methyl sites for hydroxylation is 1. The van der Waals surface area contributed by atoms with Crippen LogP contribution in [0.15, 0.2) is 36.5 Å². The Hall–Kier alpha value is -3.09. The summed E-state index contributed by atoms with van der Waals surface area (Å²) in [6.07, 6.45) is 4.09. The maximum Gasteiger partial charge on any atom is 0.321 e. The average molecular weight is 338 g/mol. The molecule has 128 valence electrons. The van der Waals surface area contributed by atoms with Crippen LogP contribution in [0.5, 0.6) is 5.75 Å². The number of nitrogens with one attached hydrogen (secondary N) is 2. The zero-order valence-corrected chi connectivity index (χ0v) is 13.8. The van der Waals surface area contributed by atoms with E-state index in [-0.39, 0.29) is 5.69 Å². The molecule has 0 atom stereocenters. The molecule has 0 unspecified atom stereocenters. The van der Waals surface area contributed by atoms with Gasteiger partial charge < -0.3 is 15.3 Å². The van der Waals surface area contributed by atoms with Crippen molar-refractivity contribution in [1.29, 1.82) is 0 Å². The summed E-state index contributed by atoms with van der Waals surface area (Å²) < 4.78 is 6.50. The highest BCUT2D eigenvalue weighted by Gasteiger charge is 2.24. The zero-order chi connectivity index (χ0) is 17.4. The molecule has 0 bridgehead atoms. The normalized spacial score (nSPS) is 13.8. The van der Waals surface area contributed by atoms with E-state index in [4.69, 9.17) is 4.74 Å². The van der Waals surface area contributed by atoms with Crippen LogP contribution >= 0.6 is 0 Å². The number of benzene rings is 1. The quantitative estimate of drug-likeness (QED) is 0.552. The molecule has 4 rings (SSSR count). The molecule has 0 aliphatic heterocycles. The minimum Gasteiger partial charge on any atom is -0.618 e. The third-order valence-electron chi connectivity index (χ3n) is 4.32. The molecule has 2 aromatic heterocycles. The highest BCUT2D eigenvalue weighted by Crippen LogP contribution is 2.34. The number of ether oxygens (including phenoxy) is 1. The van der Waals surface area contributed by atoms with Crippen molar-refractivity contribution >= 4 is 22.5 Å². The van der Waals surface area contributed by atoms with Crippen LogP contribution in [0.1, 0.15) is 29.0 Å². The van der Waals surface area contributed by atoms with Gasteiger partial charge >= 0.3 is 5.91 Å². The van der Waals surface area contributed by atoms with Gasteiger partial charge in [-0.1, -0.05) is 0 Å². The highest BCUT2D eigenvalue weighted by atomic mass is 16.5. The van der Waals surface area contributed by atoms with Crippen molar-refractivity contribution in [2.75, 3.05) is 11.9 Å². The molecule has 0 radical (unpaired) electrons. The number of aromatic amines is 1. The number of fused-ring (bicyclic) bond motifs is 1. The Bertz CT molecular complexity index is 947. The smallest absolute Gasteiger partial charge is 0.321 e. The van der Waals surface area contributed by atoms with Crippen molar-refractivity contribution in [3.63, 3.8) is 0 Å². The van der Waals surface area contributed by atoms with Crippen molar-refractivity contribution in [3.8, 4) is 5.75 Å². The van der Waals surface area contributed by atoms with Gasteiger partial charge in [-0.05, 0) is 30.9 Å². The molecule has 1 saturated carbocycles. The minimum atomic E-state index is -0.474. The van der Waals surface area contributed by atoms with E-state index in [1.54, 1.807) is 37.4 Å². The molecule has 0 spiro atoms. The van der Waals surface area contributed by atoms with Crippen LogP contribution in [-0.2, 0) is 0 Å². The second kappa shape index (κ2) is 6.08. The van der Waals surface area contributed by atoms with E-state index in [0.29, 0.717) is 34.4 Å². The van der Waals surface area contributed by atoms with Crippen molar-refractivity contribution < 1.29 is 14.3 Å². The molecule has 1 aromatic carbocycles. The lowest BCUT2D eigenvalue weighted by Gasteiger charge is -2.13. The van der Waals surface area contributed by atoms with E-state index >= 15 is 0 Å². The van der Waals surface area contributed by atoms with Gasteiger partial charge in [-0.3, -0.25) is 9.89 Å². The highest BCUT2D eigenvalue weighted by molar-refractivity contribution is 6.04. The zero-order valence-electron chi connectivity index (χ0n) is 13.8. The first-order valence-corrected chi connectivity index (χ1v) is 8.22. The number of anilines is 1. The molecule has 1 fully saturated rings. The summed E-state index contributed by atoms with van der Waals surface area (Å²) in [4.78, 5) is 12.6. The Labute approximate surface area is 144 Å². The number of carbonyl (C=O) groups is 1. The number of hydrogen-bond acceptors (Lipinski definition) is 4. The van der Waals surface area contributed by atoms with Crippen LogP contribution in [0.25, 0.3) is 10.9 Å². The lowest BCUT2D eigenvalue weighted by atomic mass is 10.2. The summed E-state index contributed by atoms with van der Waals surface area (Å²) in [5, 5.41) is 22.7. The van der Waals surface area contributed by atoms with Crippen molar-refractivity contribution in [2.24, 2.45) is 5.92 Å². The summed E-state index contributed by atoms with van der Waals surface area (Å²) in [5.41, 5.74) is 1.79. The average Bonchev–Trinajstić information content (AvgIpc) is 3.32. The summed E-state index contributed by atoms with van der Waals surface area (Å²) in [5.74, 6) is 0.668. The standard InChI is InChI=1S/C18H18N4O3/c1-11-3-2-4-16(22(11)24)18(23)20-15-7-13-9-19-21-14(13)8-17(15)25-10-12-5-6-12/h2-4,7-9,12H,5-6,10H2,1H3,(H,19,21)(H,20,23). The van der Waals surface area contributed by atoms with Gasteiger partial charge in [0, 0.05) is 36.7 Å². The molecule has 0 saturated heterocycles. The first-order valence-electron chi connectivity index (χ1n) is 8.22. The van der Waals surface area contributed by atoms with E-state index in [2.05, 4.69) is 15.5 Å². The number of amides is 1. The fourth-order valence-corrected chi connectivity index (χ4v) is 2.64. The number of aromatic nitrogens is 3. The number of nitrogens with zero attached hydrogens (tertiary/aromatic N) is 2. The number of rotatable bonds is 5. The van der Waals surface area contributed by atoms with E-state index in [1.807, 2.05) is 0 Å². The summed E-state index contributed by atoms with van der Waals surface area (Å²) >= 11 is 0. The van der Waals surface area contributed by atoms with Crippen LogP contribution < -0.4 is 14.8 Å². The summed E-state index contributed by atoms with van der Waals surface area (Å²) in [7, 11) is 0. The fourth-order valence-electron chi connectivity index (χ4n) is 2.64. The van der Waals surface area contributed by atoms with E-state index in [1.165, 1.54) is 18.9 Å². The number of pyridine rings is 1. The monoisotopic (exact) mass is 338 g/mol. The summed E-state index contributed by atoms with van der Waals surface area (Å²) in [6.45, 7) is 2.27. The lowest BCUT2D eigenvalue weighted by Crippen LogP contribution is -2.39. The molecule has 7 nitrogen and oxygen atoms in total. The molecule has 25 heavy (non-hydrogen) atoms. The molecule has 2 heterocycles. The maximum absolute atomic E-state index is 12.6. The largest absolute Gasteiger partial charge is 0.618 e. The first kappa shape index (κ1) is 15.4. The molecule has 1 amide bonds. The third-order valence-corrected chi connectivity index (χ3v) is 4.32. The van der Waals surface area contributed by atoms with Crippen molar-refractivity contribution in [2.45, 2.75) is 19.8 Å². The molecular formula is C18H18N4O3. The van der Waals surface area contributed by atoms with Crippen molar-refractivity contribution in [1.82, 2.24) is 10.2 Å². The minimum absolute atomic E-state index is 0.0421. The molecule has 3 aromatic rings. The van der Waals surface area contributed by atoms with Crippen LogP contribution in [-0.4, -0.2) is 22.7 Å². The molecule has 1 aliphatic rings. The van der Waals surface area contributed by atoms with E-state index < -0.39 is 5.91 Å². The maximum atomic E-state index is 12.6. The Balaban J connectivity index is 1.65. The van der Waals surface area contributed by atoms with E-state index in [0.717, 1.165) is 10.9 Å². The molecule has 7 heteroatoms. The second-order valence-electron chi connectivity index (χ2n) is 6.35. The number of hydrogen-bond donors (Lipinski definition) is 2. The topological polar surface area (TPSA) is 94.0 Å². The van der Waals surface area contributed by atoms with Gasteiger partial charge in [0.15, 0.2) is 5.69 Å². The lowest BCUT2D eigenvalue weighted by molar-refractivity contribution is -0.614. The number of H-pyrrole nitrogens is 1. The molecular weight excluding hydrogens is 320 g/mol. The van der Waals surface area contributed by atoms with Gasteiger partial charge in [0.25, 0.3) is 5.69 Å². The first-order chi connectivity index (χ1) is 12.1. The Morgan fingerprint density at radius 3 is 3.08 bits per heavy atom. The Kier molecular flexibility index (Phi) is 3.76. The Morgan fingerprint density at radius 1 is 1.44 bits per heavy atom. The van der Waals surface area contributed by atoms with Crippen LogP contribution in [0.3, 0.4) is 0 Å². The second-order valence-corrected chi connectivity index (χ2v) is 6.35. The van der Waals surface area contributed by atoms with Crippen molar-refractivity contribution in [3.05, 3.63) is 53.1 Å². The van der Waals surface area contributed by atoms with Gasteiger partial charge in [0.2, 0.25) is 0 Å². The van der Waals surface area contributed by atoms with Crippen LogP contribution in [0.2, 0.25) is 0 Å². The van der Waals surface area contributed by atoms with Gasteiger partial charge in [-0.25, -0.2) is 0 Å². The third kappa shape index (κ3) is 3.13. The Morgan fingerprint density at radius 2 is 2.28 bits per heavy atom. The summed E-state index contributed by atoms with van der Waals surface area (Å²) in [6, 6.07) is 8.43. The number of carbonyl (C=O) groups excluding carboxylic acids is 1. The van der Waals surface area contributed by atoms with Crippen LogP contribution in [0, 0.1) is 18.0 Å². The van der Waals surface area contributed by atoms with Crippen LogP contribution in [0.4, 0.5) is 5.69 Å². The van der Waals surface area contributed by atoms with E-state index in [9.17, 15) is 10.0 Å². The fraction of sp³-hybridized carbons (Fsp3) is 0.278. The van der Waals surface area contributed by atoms with Gasteiger partial charge in [0.1, 0.15) is 5.75 Å². The van der Waals surface area contributed by atoms with Gasteiger partial charge in [-0.2, -0.15) is 9.83 Å². The molecule has 2 N–H and O–H groups in total. The molecule has 1 aliphatic carbocycles. The van der Waals surface area contributed by atoms with Gasteiger partial charge in [0.05, 0.1) is 17.8 Å². The predicted octanol–water partition coefficient (Wildman–Crippen LogP) is 2.55. The predicted molar refractivity (Wildman–Crippen MR) is 92.4 cm³/mol. The SMILES string of the molecule is Cc1cccc(C(=O)Nc2cc3c[nH]nc3cc2OCC2CC2)[n+]1[O-]. The van der Waals surface area contributed by atoms with Gasteiger partial charge in [-0.15, -0.1) is 0 Å².